The lowest BCUT2D eigenvalue weighted by Gasteiger charge is -2.11. The summed E-state index contributed by atoms with van der Waals surface area (Å²) in [6.45, 7) is 1.99. The average molecular weight is 243 g/mol. The van der Waals surface area contributed by atoms with Crippen LogP contribution < -0.4 is 5.32 Å². The number of aryl methyl sites for hydroxylation is 1. The van der Waals surface area contributed by atoms with Crippen LogP contribution in [0.4, 0.5) is 11.4 Å². The Morgan fingerprint density at radius 3 is 2.65 bits per heavy atom. The molecule has 0 aromatic heterocycles. The molecule has 0 amide bonds. The lowest BCUT2D eigenvalue weighted by atomic mass is 10.1. The van der Waals surface area contributed by atoms with E-state index >= 15 is 0 Å². The highest BCUT2D eigenvalue weighted by atomic mass is 35.5. The van der Waals surface area contributed by atoms with Crippen LogP contribution in [-0.4, -0.2) is 0 Å². The third-order valence-corrected chi connectivity index (χ3v) is 2.75. The molecule has 0 aliphatic heterocycles. The summed E-state index contributed by atoms with van der Waals surface area (Å²) in [6.07, 6.45) is 0. The van der Waals surface area contributed by atoms with Gasteiger partial charge in [-0.2, -0.15) is 5.26 Å². The molecular weight excluding hydrogens is 232 g/mol. The van der Waals surface area contributed by atoms with Gasteiger partial charge in [0.25, 0.3) is 0 Å². The first-order chi connectivity index (χ1) is 8.20. The number of hydrogen-bond donors (Lipinski definition) is 1. The molecule has 2 nitrogen and oxygen atoms in total. The van der Waals surface area contributed by atoms with Gasteiger partial charge in [0.2, 0.25) is 0 Å². The summed E-state index contributed by atoms with van der Waals surface area (Å²) >= 11 is 5.95. The molecule has 0 fully saturated rings. The minimum atomic E-state index is 0.617. The quantitative estimate of drug-likeness (QED) is 0.854. The van der Waals surface area contributed by atoms with Gasteiger partial charge in [-0.15, -0.1) is 0 Å². The molecule has 0 spiro atoms. The molecule has 0 saturated carbocycles. The molecule has 2 aromatic carbocycles. The van der Waals surface area contributed by atoms with Crippen molar-refractivity contribution in [3.63, 3.8) is 0 Å². The predicted molar refractivity (Wildman–Crippen MR) is 70.6 cm³/mol. The van der Waals surface area contributed by atoms with Crippen LogP contribution in [0.2, 0.25) is 5.02 Å². The summed E-state index contributed by atoms with van der Waals surface area (Å²) in [4.78, 5) is 0. The number of para-hydroxylation sites is 1. The zero-order chi connectivity index (χ0) is 12.3. The Balaban J connectivity index is 2.38. The smallest absolute Gasteiger partial charge is 0.101 e. The van der Waals surface area contributed by atoms with E-state index in [1.807, 2.05) is 43.3 Å². The minimum absolute atomic E-state index is 0.617. The second-order valence-electron chi connectivity index (χ2n) is 3.74. The Morgan fingerprint density at radius 1 is 1.12 bits per heavy atom. The maximum Gasteiger partial charge on any atom is 0.101 e. The maximum absolute atomic E-state index is 9.00. The van der Waals surface area contributed by atoms with Crippen molar-refractivity contribution in [2.75, 3.05) is 5.32 Å². The van der Waals surface area contributed by atoms with Crippen molar-refractivity contribution in [3.05, 3.63) is 58.6 Å². The average Bonchev–Trinajstić information content (AvgIpc) is 2.34. The second kappa shape index (κ2) is 4.90. The Kier molecular flexibility index (Phi) is 3.32. The minimum Gasteiger partial charge on any atom is -0.354 e. The Hall–Kier alpha value is -1.98. The summed E-state index contributed by atoms with van der Waals surface area (Å²) in [6, 6.07) is 15.2. The number of benzene rings is 2. The molecule has 0 aliphatic carbocycles. The van der Waals surface area contributed by atoms with Crippen molar-refractivity contribution in [2.24, 2.45) is 0 Å². The van der Waals surface area contributed by atoms with Crippen LogP contribution in [0.1, 0.15) is 11.1 Å². The van der Waals surface area contributed by atoms with E-state index in [-0.39, 0.29) is 0 Å². The molecule has 17 heavy (non-hydrogen) atoms. The first kappa shape index (κ1) is 11.5. The van der Waals surface area contributed by atoms with Gasteiger partial charge in [0.1, 0.15) is 6.07 Å². The number of hydrogen-bond acceptors (Lipinski definition) is 2. The van der Waals surface area contributed by atoms with Crippen molar-refractivity contribution in [1.29, 1.82) is 5.26 Å². The Bertz CT molecular complexity index is 585. The molecule has 2 rings (SSSR count). The Morgan fingerprint density at radius 2 is 1.88 bits per heavy atom. The summed E-state index contributed by atoms with van der Waals surface area (Å²) in [5, 5.41) is 12.9. The monoisotopic (exact) mass is 242 g/mol. The molecule has 1 N–H and O–H groups in total. The van der Waals surface area contributed by atoms with Gasteiger partial charge in [-0.25, -0.2) is 0 Å². The predicted octanol–water partition coefficient (Wildman–Crippen LogP) is 4.26. The van der Waals surface area contributed by atoms with Crippen molar-refractivity contribution >= 4 is 23.0 Å². The number of anilines is 2. The van der Waals surface area contributed by atoms with E-state index < -0.39 is 0 Å². The van der Waals surface area contributed by atoms with Gasteiger partial charge in [0.05, 0.1) is 11.3 Å². The van der Waals surface area contributed by atoms with Crippen LogP contribution in [0.5, 0.6) is 0 Å². The van der Waals surface area contributed by atoms with Crippen LogP contribution >= 0.6 is 11.6 Å². The molecule has 0 saturated heterocycles. The van der Waals surface area contributed by atoms with Crippen LogP contribution in [0.25, 0.3) is 0 Å². The molecule has 0 radical (unpaired) electrons. The lowest BCUT2D eigenvalue weighted by Crippen LogP contribution is -1.95. The highest BCUT2D eigenvalue weighted by Crippen LogP contribution is 2.25. The lowest BCUT2D eigenvalue weighted by molar-refractivity contribution is 1.41. The summed E-state index contributed by atoms with van der Waals surface area (Å²) in [5.41, 5.74) is 3.41. The van der Waals surface area contributed by atoms with E-state index in [2.05, 4.69) is 11.4 Å². The molecule has 84 valence electrons. The fraction of sp³-hybridized carbons (Fsp3) is 0.0714. The highest BCUT2D eigenvalue weighted by Gasteiger charge is 2.03. The van der Waals surface area contributed by atoms with Crippen molar-refractivity contribution in [3.8, 4) is 6.07 Å². The van der Waals surface area contributed by atoms with Crippen LogP contribution in [0.15, 0.2) is 42.5 Å². The van der Waals surface area contributed by atoms with Gasteiger partial charge in [0, 0.05) is 10.7 Å². The topological polar surface area (TPSA) is 35.8 Å². The maximum atomic E-state index is 9.00. The third kappa shape index (κ3) is 2.58. The van der Waals surface area contributed by atoms with Gasteiger partial charge < -0.3 is 5.32 Å². The van der Waals surface area contributed by atoms with E-state index in [9.17, 15) is 0 Å². The van der Waals surface area contributed by atoms with Crippen LogP contribution in [0.3, 0.4) is 0 Å². The molecule has 3 heteroatoms. The van der Waals surface area contributed by atoms with Gasteiger partial charge in [0.15, 0.2) is 0 Å². The fourth-order valence-corrected chi connectivity index (χ4v) is 1.74. The first-order valence-corrected chi connectivity index (χ1v) is 5.61. The third-order valence-electron chi connectivity index (χ3n) is 2.52. The van der Waals surface area contributed by atoms with E-state index in [4.69, 9.17) is 16.9 Å². The van der Waals surface area contributed by atoms with Crippen molar-refractivity contribution in [2.45, 2.75) is 6.92 Å². The summed E-state index contributed by atoms with van der Waals surface area (Å²) in [5.74, 6) is 0. The largest absolute Gasteiger partial charge is 0.354 e. The standard InChI is InChI=1S/C14H11ClN2/c1-10-6-7-12(15)8-14(10)17-13-5-3-2-4-11(13)9-16/h2-8,17H,1H3. The van der Waals surface area contributed by atoms with Crippen molar-refractivity contribution in [1.82, 2.24) is 0 Å². The fourth-order valence-electron chi connectivity index (χ4n) is 1.56. The zero-order valence-corrected chi connectivity index (χ0v) is 10.1. The van der Waals surface area contributed by atoms with Crippen molar-refractivity contribution < 1.29 is 0 Å². The molecule has 0 atom stereocenters. The van der Waals surface area contributed by atoms with Gasteiger partial charge >= 0.3 is 0 Å². The molecule has 0 unspecified atom stereocenters. The highest BCUT2D eigenvalue weighted by molar-refractivity contribution is 6.30. The zero-order valence-electron chi connectivity index (χ0n) is 9.37. The SMILES string of the molecule is Cc1ccc(Cl)cc1Nc1ccccc1C#N. The van der Waals surface area contributed by atoms with E-state index in [0.29, 0.717) is 10.6 Å². The van der Waals surface area contributed by atoms with Gasteiger partial charge in [-0.1, -0.05) is 29.8 Å². The molecular formula is C14H11ClN2. The van der Waals surface area contributed by atoms with E-state index in [1.165, 1.54) is 0 Å². The number of halogens is 1. The molecule has 0 heterocycles. The molecule has 0 aliphatic rings. The summed E-state index contributed by atoms with van der Waals surface area (Å²) < 4.78 is 0. The first-order valence-electron chi connectivity index (χ1n) is 5.23. The normalized spacial score (nSPS) is 9.71. The molecule has 0 bridgehead atoms. The van der Waals surface area contributed by atoms with Crippen LogP contribution in [-0.2, 0) is 0 Å². The number of nitrogens with zero attached hydrogens (tertiary/aromatic N) is 1. The Labute approximate surface area is 105 Å². The van der Waals surface area contributed by atoms with E-state index in [1.54, 1.807) is 6.07 Å². The second-order valence-corrected chi connectivity index (χ2v) is 4.18. The molecule has 2 aromatic rings. The van der Waals surface area contributed by atoms with E-state index in [0.717, 1.165) is 16.9 Å². The number of nitriles is 1. The van der Waals surface area contributed by atoms with Gasteiger partial charge in [-0.05, 0) is 36.8 Å². The number of rotatable bonds is 2. The number of nitrogens with one attached hydrogen (secondary N) is 1. The van der Waals surface area contributed by atoms with Crippen LogP contribution in [0, 0.1) is 18.3 Å². The summed E-state index contributed by atoms with van der Waals surface area (Å²) in [7, 11) is 0. The van der Waals surface area contributed by atoms with Gasteiger partial charge in [-0.3, -0.25) is 0 Å².